The fraction of sp³-hybridized carbons (Fsp3) is 0.400. The number of carboxylic acid groups (broad SMARTS) is 1. The van der Waals surface area contributed by atoms with Crippen molar-refractivity contribution in [3.63, 3.8) is 0 Å². The molecule has 8 heteroatoms. The largest absolute Gasteiger partial charge is 0.480 e. The van der Waals surface area contributed by atoms with E-state index in [1.807, 2.05) is 0 Å². The van der Waals surface area contributed by atoms with Crippen molar-refractivity contribution in [3.8, 4) is 0 Å². The Bertz CT molecular complexity index is 577. The Kier molecular flexibility index (Phi) is 7.73. The molecule has 1 aromatic carbocycles. The molecule has 0 aliphatic carbocycles. The molecular formula is C15H19NO6S. The molecule has 7 nitrogen and oxygen atoms in total. The molecule has 2 atom stereocenters. The van der Waals surface area contributed by atoms with E-state index in [2.05, 4.69) is 5.32 Å². The minimum atomic E-state index is -1.31. The van der Waals surface area contributed by atoms with Crippen LogP contribution in [0.4, 0.5) is 0 Å². The van der Waals surface area contributed by atoms with Crippen LogP contribution in [-0.4, -0.2) is 50.7 Å². The summed E-state index contributed by atoms with van der Waals surface area (Å²) in [6.45, 7) is 0.872. The number of rotatable bonds is 8. The van der Waals surface area contributed by atoms with E-state index in [9.17, 15) is 24.6 Å². The second kappa shape index (κ2) is 9.29. The van der Waals surface area contributed by atoms with Gasteiger partial charge >= 0.3 is 5.97 Å². The molecule has 0 fully saturated rings. The molecule has 0 radical (unpaired) electrons. The van der Waals surface area contributed by atoms with Crippen LogP contribution in [-0.2, 0) is 9.59 Å². The van der Waals surface area contributed by atoms with Gasteiger partial charge in [0.2, 0.25) is 0 Å². The first-order valence-corrected chi connectivity index (χ1v) is 7.90. The van der Waals surface area contributed by atoms with E-state index in [0.717, 1.165) is 11.8 Å². The number of thioether (sulfide) groups is 1. The normalized spacial score (nSPS) is 13.2. The van der Waals surface area contributed by atoms with Crippen molar-refractivity contribution in [2.75, 3.05) is 12.3 Å². The molecule has 23 heavy (non-hydrogen) atoms. The van der Waals surface area contributed by atoms with E-state index in [4.69, 9.17) is 5.11 Å². The quantitative estimate of drug-likeness (QED) is 0.545. The number of benzene rings is 1. The Balaban J connectivity index is 2.80. The highest BCUT2D eigenvalue weighted by Gasteiger charge is 2.23. The first kappa shape index (κ1) is 19.1. The minimum Gasteiger partial charge on any atom is -0.480 e. The fourth-order valence-corrected chi connectivity index (χ4v) is 2.55. The monoisotopic (exact) mass is 341 g/mol. The van der Waals surface area contributed by atoms with Gasteiger partial charge in [0.25, 0.3) is 5.91 Å². The average Bonchev–Trinajstić information content (AvgIpc) is 2.51. The standard InChI is InChI=1S/C15H19NO6S/c1-9(17)23-7-6-12(18)14(21)10-4-2-3-5-11(10)15(22)16-8-13(19)20/h2-5,12,14,18,21H,6-8H2,1H3,(H,16,22)(H,19,20). The lowest BCUT2D eigenvalue weighted by Crippen LogP contribution is -2.31. The number of carbonyl (C=O) groups excluding carboxylic acids is 2. The summed E-state index contributed by atoms with van der Waals surface area (Å²) in [6.07, 6.45) is -2.28. The lowest BCUT2D eigenvalue weighted by molar-refractivity contribution is -0.135. The van der Waals surface area contributed by atoms with Crippen molar-refractivity contribution >= 4 is 28.8 Å². The third kappa shape index (κ3) is 6.39. The van der Waals surface area contributed by atoms with Crippen LogP contribution in [0.2, 0.25) is 0 Å². The number of hydrogen-bond acceptors (Lipinski definition) is 6. The van der Waals surface area contributed by atoms with Crippen LogP contribution >= 0.6 is 11.8 Å². The third-order valence-electron chi connectivity index (χ3n) is 3.01. The van der Waals surface area contributed by atoms with Gasteiger partial charge in [0, 0.05) is 18.2 Å². The SMILES string of the molecule is CC(=O)SCCC(O)C(O)c1ccccc1C(=O)NCC(=O)O. The van der Waals surface area contributed by atoms with Crippen LogP contribution in [0.25, 0.3) is 0 Å². The van der Waals surface area contributed by atoms with Gasteiger partial charge < -0.3 is 20.6 Å². The van der Waals surface area contributed by atoms with Crippen LogP contribution in [0.3, 0.4) is 0 Å². The van der Waals surface area contributed by atoms with Gasteiger partial charge in [-0.3, -0.25) is 14.4 Å². The van der Waals surface area contributed by atoms with E-state index in [1.165, 1.54) is 19.1 Å². The molecule has 0 heterocycles. The number of carbonyl (C=O) groups is 3. The Labute approximate surface area is 137 Å². The van der Waals surface area contributed by atoms with Crippen LogP contribution in [0.15, 0.2) is 24.3 Å². The predicted octanol–water partition coefficient (Wildman–Crippen LogP) is 0.565. The van der Waals surface area contributed by atoms with E-state index < -0.39 is 30.6 Å². The first-order valence-electron chi connectivity index (χ1n) is 6.91. The van der Waals surface area contributed by atoms with Crippen molar-refractivity contribution < 1.29 is 29.7 Å². The second-order valence-corrected chi connectivity index (χ2v) is 6.08. The van der Waals surface area contributed by atoms with Crippen molar-refractivity contribution in [2.24, 2.45) is 0 Å². The molecular weight excluding hydrogens is 322 g/mol. The molecule has 0 bridgehead atoms. The van der Waals surface area contributed by atoms with Crippen molar-refractivity contribution in [1.29, 1.82) is 0 Å². The smallest absolute Gasteiger partial charge is 0.322 e. The Morgan fingerprint density at radius 3 is 2.48 bits per heavy atom. The summed E-state index contributed by atoms with van der Waals surface area (Å²) >= 11 is 1.04. The number of aliphatic hydroxyl groups is 2. The highest BCUT2D eigenvalue weighted by atomic mass is 32.2. The van der Waals surface area contributed by atoms with Gasteiger partial charge in [0.05, 0.1) is 6.10 Å². The first-order chi connectivity index (χ1) is 10.8. The summed E-state index contributed by atoms with van der Waals surface area (Å²) in [5.74, 6) is -1.48. The van der Waals surface area contributed by atoms with E-state index in [1.54, 1.807) is 12.1 Å². The number of aliphatic hydroxyl groups excluding tert-OH is 2. The zero-order valence-corrected chi connectivity index (χ0v) is 13.4. The topological polar surface area (TPSA) is 124 Å². The zero-order chi connectivity index (χ0) is 17.4. The number of nitrogens with one attached hydrogen (secondary N) is 1. The maximum Gasteiger partial charge on any atom is 0.322 e. The fourth-order valence-electron chi connectivity index (χ4n) is 1.90. The van der Waals surface area contributed by atoms with Crippen LogP contribution in [0.5, 0.6) is 0 Å². The molecule has 126 valence electrons. The highest BCUT2D eigenvalue weighted by molar-refractivity contribution is 8.13. The predicted molar refractivity (Wildman–Crippen MR) is 85.1 cm³/mol. The van der Waals surface area contributed by atoms with Gasteiger partial charge in [-0.25, -0.2) is 0 Å². The molecule has 4 N–H and O–H groups in total. The summed E-state index contributed by atoms with van der Waals surface area (Å²) in [5, 5.41) is 30.9. The summed E-state index contributed by atoms with van der Waals surface area (Å²) in [5.41, 5.74) is 0.301. The second-order valence-electron chi connectivity index (χ2n) is 4.80. The lowest BCUT2D eigenvalue weighted by atomic mass is 9.97. The van der Waals surface area contributed by atoms with Crippen LogP contribution in [0.1, 0.15) is 35.4 Å². The van der Waals surface area contributed by atoms with Crippen LogP contribution < -0.4 is 5.32 Å². The average molecular weight is 341 g/mol. The molecule has 0 aromatic heterocycles. The zero-order valence-electron chi connectivity index (χ0n) is 12.6. The summed E-state index contributed by atoms with van der Waals surface area (Å²) in [6, 6.07) is 6.10. The van der Waals surface area contributed by atoms with Crippen LogP contribution in [0, 0.1) is 0 Å². The number of amides is 1. The van der Waals surface area contributed by atoms with E-state index >= 15 is 0 Å². The van der Waals surface area contributed by atoms with Gasteiger partial charge in [-0.05, 0) is 18.1 Å². The highest BCUT2D eigenvalue weighted by Crippen LogP contribution is 2.24. The minimum absolute atomic E-state index is 0.0832. The summed E-state index contributed by atoms with van der Waals surface area (Å²) in [7, 11) is 0. The van der Waals surface area contributed by atoms with Gasteiger partial charge in [-0.2, -0.15) is 0 Å². The molecule has 1 rings (SSSR count). The number of aliphatic carboxylic acids is 1. The molecule has 0 saturated carbocycles. The van der Waals surface area contributed by atoms with Gasteiger partial charge in [-0.1, -0.05) is 30.0 Å². The maximum absolute atomic E-state index is 12.0. The van der Waals surface area contributed by atoms with E-state index in [0.29, 0.717) is 5.75 Å². The van der Waals surface area contributed by atoms with Crippen molar-refractivity contribution in [1.82, 2.24) is 5.32 Å². The molecule has 2 unspecified atom stereocenters. The van der Waals surface area contributed by atoms with E-state index in [-0.39, 0.29) is 22.7 Å². The maximum atomic E-state index is 12.0. The lowest BCUT2D eigenvalue weighted by Gasteiger charge is -2.20. The summed E-state index contributed by atoms with van der Waals surface area (Å²) < 4.78 is 0. The third-order valence-corrected chi connectivity index (χ3v) is 3.85. The molecule has 0 saturated heterocycles. The molecule has 0 aliphatic heterocycles. The van der Waals surface area contributed by atoms with Gasteiger partial charge in [-0.15, -0.1) is 0 Å². The van der Waals surface area contributed by atoms with Crippen molar-refractivity contribution in [3.05, 3.63) is 35.4 Å². The number of carboxylic acids is 1. The molecule has 0 aliphatic rings. The number of hydrogen-bond donors (Lipinski definition) is 4. The van der Waals surface area contributed by atoms with Gasteiger partial charge in [0.15, 0.2) is 5.12 Å². The van der Waals surface area contributed by atoms with Gasteiger partial charge in [0.1, 0.15) is 12.6 Å². The molecule has 1 amide bonds. The summed E-state index contributed by atoms with van der Waals surface area (Å²) in [4.78, 5) is 33.3. The molecule has 1 aromatic rings. The Morgan fingerprint density at radius 2 is 1.87 bits per heavy atom. The van der Waals surface area contributed by atoms with Crippen molar-refractivity contribution in [2.45, 2.75) is 25.6 Å². The molecule has 0 spiro atoms. The Hall–Kier alpha value is -1.90. The Morgan fingerprint density at radius 1 is 1.22 bits per heavy atom.